The smallest absolute Gasteiger partial charge is 0.251 e. The van der Waals surface area contributed by atoms with Crippen molar-refractivity contribution in [3.8, 4) is 0 Å². The summed E-state index contributed by atoms with van der Waals surface area (Å²) in [6, 6.07) is 4.62. The molecule has 0 atom stereocenters. The Bertz CT molecular complexity index is 560. The minimum atomic E-state index is -3.18. The van der Waals surface area contributed by atoms with Gasteiger partial charge in [0.1, 0.15) is 0 Å². The first-order chi connectivity index (χ1) is 8.79. The van der Waals surface area contributed by atoms with Crippen LogP contribution in [0.2, 0.25) is 5.02 Å². The van der Waals surface area contributed by atoms with Gasteiger partial charge in [0.05, 0.1) is 17.0 Å². The van der Waals surface area contributed by atoms with Crippen molar-refractivity contribution in [3.05, 3.63) is 28.8 Å². The van der Waals surface area contributed by atoms with Crippen molar-refractivity contribution in [3.63, 3.8) is 0 Å². The fourth-order valence-electron chi connectivity index (χ4n) is 1.32. The van der Waals surface area contributed by atoms with E-state index in [0.717, 1.165) is 6.26 Å². The van der Waals surface area contributed by atoms with E-state index < -0.39 is 10.0 Å². The van der Waals surface area contributed by atoms with Gasteiger partial charge in [-0.2, -0.15) is 0 Å². The molecule has 8 heteroatoms. The SMILES string of the molecule is CS(=O)(=O)NCCCNC(=O)c1ccc(N)c(Cl)c1. The predicted octanol–water partition coefficient (Wildman–Crippen LogP) is 0.591. The van der Waals surface area contributed by atoms with Gasteiger partial charge in [0.15, 0.2) is 0 Å². The van der Waals surface area contributed by atoms with Crippen molar-refractivity contribution in [2.75, 3.05) is 25.1 Å². The third-order valence-corrected chi connectivity index (χ3v) is 3.32. The van der Waals surface area contributed by atoms with Gasteiger partial charge in [-0.05, 0) is 24.6 Å². The minimum absolute atomic E-state index is 0.277. The zero-order valence-electron chi connectivity index (χ0n) is 10.4. The summed E-state index contributed by atoms with van der Waals surface area (Å²) in [6.45, 7) is 0.644. The van der Waals surface area contributed by atoms with Gasteiger partial charge < -0.3 is 11.1 Å². The van der Waals surface area contributed by atoms with Gasteiger partial charge in [0, 0.05) is 18.7 Å². The Hall–Kier alpha value is -1.31. The number of sulfonamides is 1. The number of anilines is 1. The van der Waals surface area contributed by atoms with Gasteiger partial charge in [-0.15, -0.1) is 0 Å². The number of benzene rings is 1. The van der Waals surface area contributed by atoms with E-state index in [9.17, 15) is 13.2 Å². The second-order valence-electron chi connectivity index (χ2n) is 4.01. The van der Waals surface area contributed by atoms with Crippen molar-refractivity contribution in [2.24, 2.45) is 0 Å². The summed E-state index contributed by atoms with van der Waals surface area (Å²) in [4.78, 5) is 11.7. The van der Waals surface area contributed by atoms with Crippen LogP contribution in [0.5, 0.6) is 0 Å². The van der Waals surface area contributed by atoms with Gasteiger partial charge in [0.25, 0.3) is 5.91 Å². The summed E-state index contributed by atoms with van der Waals surface area (Å²) in [5.41, 5.74) is 6.37. The maximum Gasteiger partial charge on any atom is 0.251 e. The van der Waals surface area contributed by atoms with E-state index in [1.165, 1.54) is 6.07 Å². The Morgan fingerprint density at radius 2 is 2.05 bits per heavy atom. The number of nitrogen functional groups attached to an aromatic ring is 1. The first-order valence-electron chi connectivity index (χ1n) is 5.57. The quantitative estimate of drug-likeness (QED) is 0.529. The van der Waals surface area contributed by atoms with Crippen LogP contribution in [0.1, 0.15) is 16.8 Å². The van der Waals surface area contributed by atoms with E-state index in [1.807, 2.05) is 0 Å². The zero-order chi connectivity index (χ0) is 14.5. The highest BCUT2D eigenvalue weighted by molar-refractivity contribution is 7.88. The molecule has 0 saturated heterocycles. The molecule has 0 aliphatic heterocycles. The monoisotopic (exact) mass is 305 g/mol. The zero-order valence-corrected chi connectivity index (χ0v) is 12.0. The molecule has 4 N–H and O–H groups in total. The third kappa shape index (κ3) is 5.91. The average molecular weight is 306 g/mol. The number of nitrogens with one attached hydrogen (secondary N) is 2. The largest absolute Gasteiger partial charge is 0.398 e. The Morgan fingerprint density at radius 3 is 2.63 bits per heavy atom. The molecule has 0 aliphatic rings. The van der Waals surface area contributed by atoms with Crippen molar-refractivity contribution in [1.29, 1.82) is 0 Å². The first kappa shape index (κ1) is 15.7. The minimum Gasteiger partial charge on any atom is -0.398 e. The molecule has 0 unspecified atom stereocenters. The second kappa shape index (κ2) is 6.74. The van der Waals surface area contributed by atoms with E-state index in [2.05, 4.69) is 10.0 Å². The molecular weight excluding hydrogens is 290 g/mol. The molecule has 0 radical (unpaired) electrons. The van der Waals surface area contributed by atoms with Crippen LogP contribution in [0.3, 0.4) is 0 Å². The number of halogens is 1. The number of nitrogens with two attached hydrogens (primary N) is 1. The summed E-state index contributed by atoms with van der Waals surface area (Å²) in [5, 5.41) is 2.98. The van der Waals surface area contributed by atoms with Crippen LogP contribution in [0.25, 0.3) is 0 Å². The lowest BCUT2D eigenvalue weighted by molar-refractivity contribution is 0.0953. The van der Waals surface area contributed by atoms with Crippen LogP contribution in [0.15, 0.2) is 18.2 Å². The number of rotatable bonds is 6. The molecule has 1 aromatic rings. The van der Waals surface area contributed by atoms with Gasteiger partial charge in [-0.1, -0.05) is 11.6 Å². The van der Waals surface area contributed by atoms with Gasteiger partial charge in [-0.3, -0.25) is 4.79 Å². The summed E-state index contributed by atoms with van der Waals surface area (Å²) in [5.74, 6) is -0.277. The summed E-state index contributed by atoms with van der Waals surface area (Å²) < 4.78 is 23.9. The molecule has 0 heterocycles. The highest BCUT2D eigenvalue weighted by Gasteiger charge is 2.07. The Labute approximate surface area is 117 Å². The molecule has 19 heavy (non-hydrogen) atoms. The highest BCUT2D eigenvalue weighted by atomic mass is 35.5. The van der Waals surface area contributed by atoms with E-state index >= 15 is 0 Å². The fraction of sp³-hybridized carbons (Fsp3) is 0.364. The van der Waals surface area contributed by atoms with E-state index in [4.69, 9.17) is 17.3 Å². The maximum atomic E-state index is 11.7. The van der Waals surface area contributed by atoms with Crippen molar-refractivity contribution < 1.29 is 13.2 Å². The summed E-state index contributed by atoms with van der Waals surface area (Å²) in [6.07, 6.45) is 1.59. The lowest BCUT2D eigenvalue weighted by Gasteiger charge is -2.06. The molecule has 0 fully saturated rings. The average Bonchev–Trinajstić information content (AvgIpc) is 2.30. The van der Waals surface area contributed by atoms with Crippen molar-refractivity contribution >= 4 is 33.2 Å². The molecular formula is C11H16ClN3O3S. The molecule has 0 aromatic heterocycles. The first-order valence-corrected chi connectivity index (χ1v) is 7.84. The lowest BCUT2D eigenvalue weighted by atomic mass is 10.2. The molecule has 0 spiro atoms. The summed E-state index contributed by atoms with van der Waals surface area (Å²) in [7, 11) is -3.18. The maximum absolute atomic E-state index is 11.7. The van der Waals surface area contributed by atoms with Crippen LogP contribution in [0, 0.1) is 0 Å². The van der Waals surface area contributed by atoms with E-state index in [1.54, 1.807) is 12.1 Å². The van der Waals surface area contributed by atoms with Crippen LogP contribution in [-0.4, -0.2) is 33.7 Å². The van der Waals surface area contributed by atoms with Crippen molar-refractivity contribution in [2.45, 2.75) is 6.42 Å². The van der Waals surface area contributed by atoms with Crippen LogP contribution >= 0.6 is 11.6 Å². The molecule has 1 rings (SSSR count). The van der Waals surface area contributed by atoms with Crippen LogP contribution in [-0.2, 0) is 10.0 Å². The van der Waals surface area contributed by atoms with Gasteiger partial charge >= 0.3 is 0 Å². The Morgan fingerprint density at radius 1 is 1.37 bits per heavy atom. The topological polar surface area (TPSA) is 101 Å². The highest BCUT2D eigenvalue weighted by Crippen LogP contribution is 2.19. The Kier molecular flexibility index (Phi) is 5.59. The van der Waals surface area contributed by atoms with Crippen LogP contribution in [0.4, 0.5) is 5.69 Å². The molecule has 0 aliphatic carbocycles. The number of hydrogen-bond acceptors (Lipinski definition) is 4. The number of carbonyl (C=O) groups is 1. The van der Waals surface area contributed by atoms with E-state index in [0.29, 0.717) is 29.2 Å². The molecule has 106 valence electrons. The number of amides is 1. The molecule has 0 bridgehead atoms. The number of hydrogen-bond donors (Lipinski definition) is 3. The second-order valence-corrected chi connectivity index (χ2v) is 6.25. The molecule has 1 aromatic carbocycles. The third-order valence-electron chi connectivity index (χ3n) is 2.27. The Balaban J connectivity index is 2.37. The van der Waals surface area contributed by atoms with Crippen LogP contribution < -0.4 is 15.8 Å². The molecule has 6 nitrogen and oxygen atoms in total. The fourth-order valence-corrected chi connectivity index (χ4v) is 2.01. The molecule has 1 amide bonds. The van der Waals surface area contributed by atoms with E-state index in [-0.39, 0.29) is 12.5 Å². The predicted molar refractivity (Wildman–Crippen MR) is 75.7 cm³/mol. The van der Waals surface area contributed by atoms with Crippen molar-refractivity contribution in [1.82, 2.24) is 10.0 Å². The standard InChI is InChI=1S/C11H16ClN3O3S/c1-19(17,18)15-6-2-5-14-11(16)8-3-4-10(13)9(12)7-8/h3-4,7,15H,2,5-6,13H2,1H3,(H,14,16). The summed E-state index contributed by atoms with van der Waals surface area (Å²) >= 11 is 5.81. The van der Waals surface area contributed by atoms with Gasteiger partial charge in [-0.25, -0.2) is 13.1 Å². The van der Waals surface area contributed by atoms with Gasteiger partial charge in [0.2, 0.25) is 10.0 Å². The molecule has 0 saturated carbocycles. The number of carbonyl (C=O) groups excluding carboxylic acids is 1. The normalized spacial score (nSPS) is 11.3. The lowest BCUT2D eigenvalue weighted by Crippen LogP contribution is -2.29.